The van der Waals surface area contributed by atoms with E-state index >= 15 is 0 Å². The number of likely N-dealkylation sites (N-methyl/N-ethyl adjacent to an activating group) is 1. The third kappa shape index (κ3) is 8.35. The molecule has 0 heterocycles. The average Bonchev–Trinajstić information content (AvgIpc) is 2.89. The Morgan fingerprint density at radius 2 is 1.52 bits per heavy atom. The molecule has 8 nitrogen and oxygen atoms in total. The van der Waals surface area contributed by atoms with Gasteiger partial charge in [0.15, 0.2) is 0 Å². The van der Waals surface area contributed by atoms with Crippen molar-refractivity contribution in [3.05, 3.63) is 94.0 Å². The predicted molar refractivity (Wildman–Crippen MR) is 166 cm³/mol. The number of benzene rings is 3. The number of carbonyl (C=O) groups excluding carboxylic acids is 3. The second kappa shape index (κ2) is 13.6. The monoisotopic (exact) mass is 573 g/mol. The lowest BCUT2D eigenvalue weighted by Gasteiger charge is -2.34. The van der Waals surface area contributed by atoms with Crippen LogP contribution in [0.1, 0.15) is 67.1 Å². The number of alkyl carbamates (subject to hydrolysis) is 1. The maximum Gasteiger partial charge on any atom is 0.408 e. The Balaban J connectivity index is 2.07. The summed E-state index contributed by atoms with van der Waals surface area (Å²) in [5.41, 5.74) is 5.08. The molecule has 3 aromatic rings. The summed E-state index contributed by atoms with van der Waals surface area (Å²) < 4.78 is 5.48. The lowest BCUT2D eigenvalue weighted by Crippen LogP contribution is -2.53. The smallest absolute Gasteiger partial charge is 0.408 e. The first-order chi connectivity index (χ1) is 19.7. The molecule has 0 aliphatic heterocycles. The molecule has 0 fully saturated rings. The molecular weight excluding hydrogens is 530 g/mol. The molecule has 0 aliphatic carbocycles. The van der Waals surface area contributed by atoms with Gasteiger partial charge in [0.05, 0.1) is 0 Å². The second-order valence-corrected chi connectivity index (χ2v) is 11.7. The van der Waals surface area contributed by atoms with Crippen LogP contribution < -0.4 is 10.6 Å². The molecule has 0 bridgehead atoms. The first kappa shape index (κ1) is 32.2. The normalized spacial score (nSPS) is 12.7. The van der Waals surface area contributed by atoms with Crippen LogP contribution in [0.4, 0.5) is 10.5 Å². The van der Waals surface area contributed by atoms with Crippen LogP contribution in [0.5, 0.6) is 5.75 Å². The summed E-state index contributed by atoms with van der Waals surface area (Å²) in [7, 11) is 0. The molecule has 0 aliphatic rings. The fourth-order valence-corrected chi connectivity index (χ4v) is 4.97. The summed E-state index contributed by atoms with van der Waals surface area (Å²) in [5, 5.41) is 15.6. The summed E-state index contributed by atoms with van der Waals surface area (Å²) in [6.45, 7) is 15.0. The Kier molecular flexibility index (Phi) is 10.4. The molecule has 3 amide bonds. The number of carbonyl (C=O) groups is 3. The van der Waals surface area contributed by atoms with Crippen LogP contribution >= 0.6 is 0 Å². The van der Waals surface area contributed by atoms with Gasteiger partial charge in [-0.25, -0.2) is 4.79 Å². The molecule has 2 atom stereocenters. The van der Waals surface area contributed by atoms with Crippen LogP contribution in [0.3, 0.4) is 0 Å². The lowest BCUT2D eigenvalue weighted by molar-refractivity contribution is -0.140. The first-order valence-corrected chi connectivity index (χ1v) is 14.2. The zero-order valence-corrected chi connectivity index (χ0v) is 25.9. The van der Waals surface area contributed by atoms with Gasteiger partial charge in [0, 0.05) is 18.7 Å². The maximum absolute atomic E-state index is 14.4. The van der Waals surface area contributed by atoms with Crippen molar-refractivity contribution in [3.8, 4) is 5.75 Å². The van der Waals surface area contributed by atoms with Crippen molar-refractivity contribution in [3.63, 3.8) is 0 Å². The van der Waals surface area contributed by atoms with Crippen LogP contribution in [0.25, 0.3) is 0 Å². The fourth-order valence-electron chi connectivity index (χ4n) is 4.97. The van der Waals surface area contributed by atoms with E-state index < -0.39 is 29.7 Å². The number of rotatable bonds is 9. The van der Waals surface area contributed by atoms with Gasteiger partial charge in [0.1, 0.15) is 23.4 Å². The Bertz CT molecular complexity index is 1410. The van der Waals surface area contributed by atoms with Gasteiger partial charge in [-0.3, -0.25) is 9.59 Å². The van der Waals surface area contributed by atoms with E-state index in [1.807, 2.05) is 71.0 Å². The molecule has 3 rings (SSSR count). The summed E-state index contributed by atoms with van der Waals surface area (Å²) in [6.07, 6.45) is -0.605. The number of anilines is 1. The molecule has 3 aromatic carbocycles. The number of hydrogen-bond acceptors (Lipinski definition) is 5. The first-order valence-electron chi connectivity index (χ1n) is 14.2. The highest BCUT2D eigenvalue weighted by Crippen LogP contribution is 2.29. The number of nitrogens with zero attached hydrogens (tertiary/aromatic N) is 1. The van der Waals surface area contributed by atoms with Gasteiger partial charge in [-0.15, -0.1) is 0 Å². The van der Waals surface area contributed by atoms with Crippen LogP contribution in [0.2, 0.25) is 0 Å². The van der Waals surface area contributed by atoms with Gasteiger partial charge in [0.2, 0.25) is 5.91 Å². The van der Waals surface area contributed by atoms with E-state index in [1.165, 1.54) is 17.0 Å². The van der Waals surface area contributed by atoms with Crippen LogP contribution in [-0.4, -0.2) is 46.1 Å². The van der Waals surface area contributed by atoms with Crippen molar-refractivity contribution in [1.82, 2.24) is 10.2 Å². The third-order valence-corrected chi connectivity index (χ3v) is 7.00. The van der Waals surface area contributed by atoms with Crippen molar-refractivity contribution in [2.24, 2.45) is 0 Å². The SMILES string of the molecule is CCN(C(=O)C(Cc1ccc(O)cc1)NC(=O)OC(C)(C)C)C(C(=O)Nc1c(C)cccc1C)c1ccc(C)cc1C. The highest BCUT2D eigenvalue weighted by molar-refractivity contribution is 6.00. The minimum Gasteiger partial charge on any atom is -0.508 e. The topological polar surface area (TPSA) is 108 Å². The van der Waals surface area contributed by atoms with E-state index in [-0.39, 0.29) is 24.6 Å². The largest absolute Gasteiger partial charge is 0.508 e. The van der Waals surface area contributed by atoms with Gasteiger partial charge in [-0.05, 0) is 95.3 Å². The zero-order chi connectivity index (χ0) is 31.2. The minimum absolute atomic E-state index is 0.0926. The molecule has 0 spiro atoms. The van der Waals surface area contributed by atoms with Crippen LogP contribution in [-0.2, 0) is 20.7 Å². The number of para-hydroxylation sites is 1. The highest BCUT2D eigenvalue weighted by Gasteiger charge is 2.36. The number of aryl methyl sites for hydroxylation is 4. The summed E-state index contributed by atoms with van der Waals surface area (Å²) >= 11 is 0. The standard InChI is InChI=1S/C34H43N3O5/c1-9-37(32(40)28(35-33(41)42-34(6,7)8)20-25-14-16-26(38)17-15-25)30(27-18-13-21(2)19-24(27)5)31(39)36-29-22(3)11-10-12-23(29)4/h10-19,28,30,38H,9,20H2,1-8H3,(H,35,41)(H,36,39). The average molecular weight is 574 g/mol. The summed E-state index contributed by atoms with van der Waals surface area (Å²) in [4.78, 5) is 42.9. The van der Waals surface area contributed by atoms with Crippen molar-refractivity contribution in [2.75, 3.05) is 11.9 Å². The predicted octanol–water partition coefficient (Wildman–Crippen LogP) is 6.29. The molecule has 2 unspecified atom stereocenters. The van der Waals surface area contributed by atoms with Gasteiger partial charge >= 0.3 is 6.09 Å². The molecule has 8 heteroatoms. The summed E-state index contributed by atoms with van der Waals surface area (Å²) in [6, 6.07) is 16.0. The molecular formula is C34H43N3O5. The number of phenols is 1. The van der Waals surface area contributed by atoms with Gasteiger partial charge in [0.25, 0.3) is 5.91 Å². The number of amides is 3. The van der Waals surface area contributed by atoms with Gasteiger partial charge < -0.3 is 25.4 Å². The quantitative estimate of drug-likeness (QED) is 0.279. The van der Waals surface area contributed by atoms with E-state index in [4.69, 9.17) is 4.74 Å². The Morgan fingerprint density at radius 3 is 2.07 bits per heavy atom. The molecule has 0 saturated carbocycles. The van der Waals surface area contributed by atoms with E-state index in [2.05, 4.69) is 10.6 Å². The molecule has 42 heavy (non-hydrogen) atoms. The Labute approximate surface area is 249 Å². The van der Waals surface area contributed by atoms with E-state index in [0.717, 1.165) is 27.8 Å². The molecule has 0 radical (unpaired) electrons. The zero-order valence-electron chi connectivity index (χ0n) is 25.9. The van der Waals surface area contributed by atoms with Crippen molar-refractivity contribution in [2.45, 2.75) is 79.5 Å². The maximum atomic E-state index is 14.4. The number of nitrogens with one attached hydrogen (secondary N) is 2. The van der Waals surface area contributed by atoms with Crippen LogP contribution in [0, 0.1) is 27.7 Å². The van der Waals surface area contributed by atoms with E-state index in [9.17, 15) is 19.5 Å². The van der Waals surface area contributed by atoms with Crippen molar-refractivity contribution >= 4 is 23.6 Å². The Morgan fingerprint density at radius 1 is 0.905 bits per heavy atom. The lowest BCUT2D eigenvalue weighted by atomic mass is 9.95. The van der Waals surface area contributed by atoms with E-state index in [1.54, 1.807) is 32.9 Å². The minimum atomic E-state index is -1.04. The van der Waals surface area contributed by atoms with Crippen molar-refractivity contribution in [1.29, 1.82) is 0 Å². The summed E-state index contributed by atoms with van der Waals surface area (Å²) in [5.74, 6) is -0.691. The van der Waals surface area contributed by atoms with Gasteiger partial charge in [-0.2, -0.15) is 0 Å². The molecule has 0 aromatic heterocycles. The van der Waals surface area contributed by atoms with E-state index in [0.29, 0.717) is 11.3 Å². The Hall–Kier alpha value is -4.33. The number of ether oxygens (including phenoxy) is 1. The fraction of sp³-hybridized carbons (Fsp3) is 0.382. The molecule has 0 saturated heterocycles. The number of aromatic hydroxyl groups is 1. The van der Waals surface area contributed by atoms with Crippen LogP contribution in [0.15, 0.2) is 60.7 Å². The van der Waals surface area contributed by atoms with Crippen molar-refractivity contribution < 1.29 is 24.2 Å². The second-order valence-electron chi connectivity index (χ2n) is 11.7. The third-order valence-electron chi connectivity index (χ3n) is 7.00. The number of hydrogen-bond donors (Lipinski definition) is 3. The molecule has 3 N–H and O–H groups in total. The highest BCUT2D eigenvalue weighted by atomic mass is 16.6. The molecule has 224 valence electrons. The van der Waals surface area contributed by atoms with Gasteiger partial charge in [-0.1, -0.05) is 54.1 Å². The number of phenolic OH excluding ortho intramolecular Hbond substituents is 1.